The Kier molecular flexibility index (Phi) is 6.96. The van der Waals surface area contributed by atoms with E-state index >= 15 is 0 Å². The van der Waals surface area contributed by atoms with E-state index < -0.39 is 10.0 Å². The Labute approximate surface area is 193 Å². The van der Waals surface area contributed by atoms with Crippen LogP contribution < -0.4 is 9.46 Å². The molecule has 33 heavy (non-hydrogen) atoms. The second-order valence-electron chi connectivity index (χ2n) is 7.77. The van der Waals surface area contributed by atoms with Crippen molar-refractivity contribution in [2.24, 2.45) is 0 Å². The fourth-order valence-corrected chi connectivity index (χ4v) is 4.88. The second-order valence-corrected chi connectivity index (χ2v) is 9.54. The van der Waals surface area contributed by atoms with Gasteiger partial charge in [0.05, 0.1) is 30.9 Å². The van der Waals surface area contributed by atoms with Gasteiger partial charge in [-0.1, -0.05) is 24.3 Å². The molecule has 0 aliphatic carbocycles. The molecule has 1 saturated heterocycles. The van der Waals surface area contributed by atoms with Crippen molar-refractivity contribution in [3.05, 3.63) is 89.9 Å². The number of furan rings is 1. The van der Waals surface area contributed by atoms with Gasteiger partial charge in [-0.25, -0.2) is 13.1 Å². The fraction of sp³-hybridized carbons (Fsp3) is 0.240. The standard InChI is InChI=1S/C25H26N2O5S/c1-31-21-11-9-20(10-12-21)24-5-2-16-27(24)25(28)15-8-19-6-13-23(14-7-19)33(29,30)26-18-22-4-3-17-32-22/h3-4,6-15,17,24,26H,2,5,16,18H2,1H3/b15-8+/t24-/m1/s1. The zero-order valence-corrected chi connectivity index (χ0v) is 19.1. The number of hydrogen-bond donors (Lipinski definition) is 1. The first kappa shape index (κ1) is 22.8. The summed E-state index contributed by atoms with van der Waals surface area (Å²) in [7, 11) is -2.03. The molecule has 8 heteroatoms. The number of sulfonamides is 1. The summed E-state index contributed by atoms with van der Waals surface area (Å²) < 4.78 is 37.8. The number of hydrogen-bond acceptors (Lipinski definition) is 5. The number of rotatable bonds is 8. The summed E-state index contributed by atoms with van der Waals surface area (Å²) >= 11 is 0. The lowest BCUT2D eigenvalue weighted by molar-refractivity contribution is -0.126. The van der Waals surface area contributed by atoms with Crippen LogP contribution in [0.4, 0.5) is 0 Å². The third-order valence-electron chi connectivity index (χ3n) is 5.66. The number of carbonyl (C=O) groups is 1. The number of nitrogens with zero attached hydrogens (tertiary/aromatic N) is 1. The van der Waals surface area contributed by atoms with Gasteiger partial charge in [0.1, 0.15) is 11.5 Å². The molecule has 1 fully saturated rings. The Morgan fingerprint density at radius 2 is 1.91 bits per heavy atom. The first-order valence-corrected chi connectivity index (χ1v) is 12.2. The van der Waals surface area contributed by atoms with Crippen LogP contribution in [0.25, 0.3) is 6.08 Å². The largest absolute Gasteiger partial charge is 0.497 e. The van der Waals surface area contributed by atoms with E-state index in [1.54, 1.807) is 43.5 Å². The molecule has 1 N–H and O–H groups in total. The minimum Gasteiger partial charge on any atom is -0.497 e. The van der Waals surface area contributed by atoms with Crippen molar-refractivity contribution < 1.29 is 22.4 Å². The molecule has 0 saturated carbocycles. The van der Waals surface area contributed by atoms with Gasteiger partial charge in [-0.3, -0.25) is 4.79 Å². The molecule has 1 aliphatic heterocycles. The maximum Gasteiger partial charge on any atom is 0.247 e. The first-order valence-electron chi connectivity index (χ1n) is 10.7. The lowest BCUT2D eigenvalue weighted by atomic mass is 10.0. The van der Waals surface area contributed by atoms with Gasteiger partial charge in [0.2, 0.25) is 15.9 Å². The predicted octanol–water partition coefficient (Wildman–Crippen LogP) is 4.14. The van der Waals surface area contributed by atoms with Gasteiger partial charge in [-0.2, -0.15) is 0 Å². The Morgan fingerprint density at radius 1 is 1.15 bits per heavy atom. The summed E-state index contributed by atoms with van der Waals surface area (Å²) in [6.07, 6.45) is 6.61. The zero-order valence-electron chi connectivity index (χ0n) is 18.3. The van der Waals surface area contributed by atoms with Crippen LogP contribution in [0.15, 0.2) is 82.3 Å². The number of benzene rings is 2. The van der Waals surface area contributed by atoms with E-state index in [1.165, 1.54) is 18.4 Å². The van der Waals surface area contributed by atoms with Gasteiger partial charge in [0.15, 0.2) is 0 Å². The van der Waals surface area contributed by atoms with Crippen LogP contribution in [0, 0.1) is 0 Å². The second kappa shape index (κ2) is 10.1. The van der Waals surface area contributed by atoms with Gasteiger partial charge >= 0.3 is 0 Å². The Balaban J connectivity index is 1.39. The van der Waals surface area contributed by atoms with Crippen LogP contribution in [0.5, 0.6) is 5.75 Å². The van der Waals surface area contributed by atoms with Crippen molar-refractivity contribution in [1.29, 1.82) is 0 Å². The molecule has 0 bridgehead atoms. The van der Waals surface area contributed by atoms with E-state index in [-0.39, 0.29) is 23.4 Å². The molecule has 1 aromatic heterocycles. The number of ether oxygens (including phenoxy) is 1. The van der Waals surface area contributed by atoms with Crippen LogP contribution in [0.2, 0.25) is 0 Å². The van der Waals surface area contributed by atoms with Crippen LogP contribution in [-0.4, -0.2) is 32.9 Å². The Bertz CT molecular complexity index is 1200. The van der Waals surface area contributed by atoms with Gasteiger partial charge < -0.3 is 14.1 Å². The monoisotopic (exact) mass is 466 g/mol. The quantitative estimate of drug-likeness (QED) is 0.504. The number of amides is 1. The molecule has 3 aromatic rings. The average molecular weight is 467 g/mol. The predicted molar refractivity (Wildman–Crippen MR) is 125 cm³/mol. The van der Waals surface area contributed by atoms with E-state index in [1.807, 2.05) is 29.2 Å². The highest BCUT2D eigenvalue weighted by atomic mass is 32.2. The maximum atomic E-state index is 12.8. The number of methoxy groups -OCH3 is 1. The summed E-state index contributed by atoms with van der Waals surface area (Å²) in [5.41, 5.74) is 1.83. The summed E-state index contributed by atoms with van der Waals surface area (Å²) in [5.74, 6) is 1.26. The normalized spacial score (nSPS) is 16.4. The Morgan fingerprint density at radius 3 is 2.58 bits per heavy atom. The number of nitrogens with one attached hydrogen (secondary N) is 1. The van der Waals surface area contributed by atoms with Crippen molar-refractivity contribution in [3.8, 4) is 5.75 Å². The van der Waals surface area contributed by atoms with E-state index in [0.29, 0.717) is 12.3 Å². The minimum atomic E-state index is -3.66. The molecule has 172 valence electrons. The van der Waals surface area contributed by atoms with E-state index in [0.717, 1.165) is 29.7 Å². The van der Waals surface area contributed by atoms with Gasteiger partial charge in [-0.15, -0.1) is 0 Å². The SMILES string of the molecule is COc1ccc([C@H]2CCCN2C(=O)/C=C/c2ccc(S(=O)(=O)NCc3ccco3)cc2)cc1. The summed E-state index contributed by atoms with van der Waals surface area (Å²) in [5, 5.41) is 0. The van der Waals surface area contributed by atoms with Crippen LogP contribution in [0.3, 0.4) is 0 Å². The summed E-state index contributed by atoms with van der Waals surface area (Å²) in [6.45, 7) is 0.787. The molecule has 2 heterocycles. The van der Waals surface area contributed by atoms with E-state index in [4.69, 9.17) is 9.15 Å². The maximum absolute atomic E-state index is 12.8. The lowest BCUT2D eigenvalue weighted by Gasteiger charge is -2.24. The van der Waals surface area contributed by atoms with Crippen molar-refractivity contribution in [1.82, 2.24) is 9.62 Å². The highest BCUT2D eigenvalue weighted by molar-refractivity contribution is 7.89. The molecular formula is C25H26N2O5S. The smallest absolute Gasteiger partial charge is 0.247 e. The molecule has 1 amide bonds. The summed E-state index contributed by atoms with van der Waals surface area (Å²) in [4.78, 5) is 14.9. The van der Waals surface area contributed by atoms with Crippen molar-refractivity contribution in [2.75, 3.05) is 13.7 Å². The molecule has 7 nitrogen and oxygen atoms in total. The third kappa shape index (κ3) is 5.53. The molecule has 0 unspecified atom stereocenters. The third-order valence-corrected chi connectivity index (χ3v) is 7.08. The van der Waals surface area contributed by atoms with Crippen LogP contribution in [-0.2, 0) is 21.4 Å². The van der Waals surface area contributed by atoms with Crippen molar-refractivity contribution in [3.63, 3.8) is 0 Å². The van der Waals surface area contributed by atoms with Crippen molar-refractivity contribution >= 4 is 22.0 Å². The van der Waals surface area contributed by atoms with Crippen LogP contribution >= 0.6 is 0 Å². The fourth-order valence-electron chi connectivity index (χ4n) is 3.89. The minimum absolute atomic E-state index is 0.0424. The molecule has 4 rings (SSSR count). The van der Waals surface area contributed by atoms with Gasteiger partial charge in [-0.05, 0) is 66.4 Å². The Hall–Kier alpha value is -3.36. The zero-order chi connectivity index (χ0) is 23.3. The molecule has 1 aliphatic rings. The molecule has 1 atom stereocenters. The van der Waals surface area contributed by atoms with Gasteiger partial charge in [0.25, 0.3) is 0 Å². The first-order chi connectivity index (χ1) is 16.0. The van der Waals surface area contributed by atoms with Gasteiger partial charge in [0, 0.05) is 12.6 Å². The van der Waals surface area contributed by atoms with Crippen molar-refractivity contribution in [2.45, 2.75) is 30.3 Å². The highest BCUT2D eigenvalue weighted by Crippen LogP contribution is 2.33. The molecular weight excluding hydrogens is 440 g/mol. The highest BCUT2D eigenvalue weighted by Gasteiger charge is 2.28. The average Bonchev–Trinajstić information content (AvgIpc) is 3.54. The molecule has 0 spiro atoms. The topological polar surface area (TPSA) is 88.8 Å². The number of likely N-dealkylation sites (tertiary alicyclic amines) is 1. The summed E-state index contributed by atoms with van der Waals surface area (Å²) in [6, 6.07) is 17.6. The number of carbonyl (C=O) groups excluding carboxylic acids is 1. The molecule has 2 aromatic carbocycles. The molecule has 0 radical (unpaired) electrons. The lowest BCUT2D eigenvalue weighted by Crippen LogP contribution is -2.28. The van der Waals surface area contributed by atoms with E-state index in [2.05, 4.69) is 4.72 Å². The van der Waals surface area contributed by atoms with Crippen LogP contribution in [0.1, 0.15) is 35.8 Å². The van der Waals surface area contributed by atoms with E-state index in [9.17, 15) is 13.2 Å².